The molecule has 2 rings (SSSR count). The number of oxazole rings is 1. The number of nitrogens with two attached hydrogens (primary N) is 1. The molecule has 2 N–H and O–H groups in total. The summed E-state index contributed by atoms with van der Waals surface area (Å²) in [5.74, 6) is 0. The molecule has 0 fully saturated rings. The minimum Gasteiger partial charge on any atom is -0.439 e. The van der Waals surface area contributed by atoms with E-state index in [4.69, 9.17) is 15.4 Å². The van der Waals surface area contributed by atoms with E-state index in [9.17, 15) is 0 Å². The third kappa shape index (κ3) is 2.18. The van der Waals surface area contributed by atoms with E-state index < -0.39 is 0 Å². The van der Waals surface area contributed by atoms with Crippen LogP contribution < -0.4 is 5.73 Å². The maximum atomic E-state index is 8.70. The van der Waals surface area contributed by atoms with Crippen LogP contribution in [0.5, 0.6) is 0 Å². The van der Waals surface area contributed by atoms with Crippen LogP contribution in [-0.2, 0) is 0 Å². The Hall–Kier alpha value is -1.93. The smallest absolute Gasteiger partial charge is 0.260 e. The minimum atomic E-state index is 0.547. The third-order valence-electron chi connectivity index (χ3n) is 1.93. The molecule has 0 aliphatic heterocycles. The average Bonchev–Trinajstić information content (AvgIpc) is 2.67. The van der Waals surface area contributed by atoms with E-state index >= 15 is 0 Å². The molecule has 80 valence electrons. The average molecular weight is 231 g/mol. The summed E-state index contributed by atoms with van der Waals surface area (Å²) in [6, 6.07) is 7.18. The second kappa shape index (κ2) is 4.29. The molecule has 5 heteroatoms. The first-order valence-corrected chi connectivity index (χ1v) is 5.40. The standard InChI is InChI=1S/C11H9N3OS/c1-7-6-15-11(14-7)16-10-3-2-8(5-12)4-9(10)13/h2-4,6H,13H2,1H3. The molecule has 16 heavy (non-hydrogen) atoms. The van der Waals surface area contributed by atoms with Gasteiger partial charge >= 0.3 is 0 Å². The van der Waals surface area contributed by atoms with Crippen molar-refractivity contribution in [3.63, 3.8) is 0 Å². The Balaban J connectivity index is 2.26. The number of rotatable bonds is 2. The number of anilines is 1. The van der Waals surface area contributed by atoms with Gasteiger partial charge in [0.1, 0.15) is 6.26 Å². The molecule has 0 spiro atoms. The van der Waals surface area contributed by atoms with Gasteiger partial charge in [-0.1, -0.05) is 0 Å². The highest BCUT2D eigenvalue weighted by Crippen LogP contribution is 2.31. The molecular formula is C11H9N3OS. The predicted octanol–water partition coefficient (Wildman–Crippen LogP) is 2.59. The van der Waals surface area contributed by atoms with Crippen LogP contribution in [0.15, 0.2) is 39.0 Å². The lowest BCUT2D eigenvalue weighted by atomic mass is 10.2. The normalized spacial score (nSPS) is 10.0. The van der Waals surface area contributed by atoms with E-state index in [0.717, 1.165) is 10.6 Å². The van der Waals surface area contributed by atoms with E-state index in [1.807, 2.05) is 13.0 Å². The van der Waals surface area contributed by atoms with Crippen LogP contribution in [0, 0.1) is 18.3 Å². The summed E-state index contributed by atoms with van der Waals surface area (Å²) in [5, 5.41) is 9.25. The molecule has 0 amide bonds. The molecule has 0 saturated carbocycles. The Morgan fingerprint density at radius 2 is 2.31 bits per heavy atom. The van der Waals surface area contributed by atoms with Gasteiger partial charge in [0.15, 0.2) is 0 Å². The van der Waals surface area contributed by atoms with Crippen molar-refractivity contribution in [2.75, 3.05) is 5.73 Å². The Morgan fingerprint density at radius 3 is 2.88 bits per heavy atom. The minimum absolute atomic E-state index is 0.547. The lowest BCUT2D eigenvalue weighted by Crippen LogP contribution is -1.89. The van der Waals surface area contributed by atoms with Crippen molar-refractivity contribution in [3.05, 3.63) is 35.7 Å². The molecule has 0 aliphatic carbocycles. The second-order valence-corrected chi connectivity index (χ2v) is 4.21. The molecule has 4 nitrogen and oxygen atoms in total. The molecule has 1 aromatic carbocycles. The van der Waals surface area contributed by atoms with Gasteiger partial charge in [-0.25, -0.2) is 4.98 Å². The Kier molecular flexibility index (Phi) is 2.84. The zero-order valence-corrected chi connectivity index (χ0v) is 9.41. The van der Waals surface area contributed by atoms with Crippen LogP contribution in [0.2, 0.25) is 0 Å². The lowest BCUT2D eigenvalue weighted by molar-refractivity contribution is 0.454. The Morgan fingerprint density at radius 1 is 1.50 bits per heavy atom. The molecule has 0 unspecified atom stereocenters. The zero-order chi connectivity index (χ0) is 11.5. The second-order valence-electron chi connectivity index (χ2n) is 3.22. The molecule has 0 aliphatic rings. The number of aromatic nitrogens is 1. The lowest BCUT2D eigenvalue weighted by Gasteiger charge is -2.01. The third-order valence-corrected chi connectivity index (χ3v) is 2.89. The fourth-order valence-corrected chi connectivity index (χ4v) is 1.97. The molecule has 1 aromatic heterocycles. The summed E-state index contributed by atoms with van der Waals surface area (Å²) in [4.78, 5) is 5.00. The summed E-state index contributed by atoms with van der Waals surface area (Å²) >= 11 is 1.34. The summed E-state index contributed by atoms with van der Waals surface area (Å²) in [6.07, 6.45) is 1.59. The van der Waals surface area contributed by atoms with Crippen molar-refractivity contribution < 1.29 is 4.42 Å². The van der Waals surface area contributed by atoms with Gasteiger partial charge in [0.2, 0.25) is 0 Å². The van der Waals surface area contributed by atoms with Crippen LogP contribution in [0.1, 0.15) is 11.3 Å². The van der Waals surface area contributed by atoms with Crippen LogP contribution in [0.25, 0.3) is 0 Å². The number of nitrogen functional groups attached to an aromatic ring is 1. The van der Waals surface area contributed by atoms with Gasteiger partial charge in [-0.3, -0.25) is 0 Å². The van der Waals surface area contributed by atoms with Crippen LogP contribution in [0.4, 0.5) is 5.69 Å². The van der Waals surface area contributed by atoms with Crippen molar-refractivity contribution in [1.29, 1.82) is 5.26 Å². The van der Waals surface area contributed by atoms with Gasteiger partial charge in [0, 0.05) is 10.6 Å². The van der Waals surface area contributed by atoms with E-state index in [2.05, 4.69) is 4.98 Å². The van der Waals surface area contributed by atoms with E-state index in [1.165, 1.54) is 11.8 Å². The van der Waals surface area contributed by atoms with Crippen molar-refractivity contribution in [2.45, 2.75) is 17.0 Å². The van der Waals surface area contributed by atoms with Crippen LogP contribution >= 0.6 is 11.8 Å². The first-order valence-electron chi connectivity index (χ1n) is 4.58. The van der Waals surface area contributed by atoms with Gasteiger partial charge < -0.3 is 10.2 Å². The number of nitriles is 1. The monoisotopic (exact) mass is 231 g/mol. The van der Waals surface area contributed by atoms with Crippen molar-refractivity contribution in [3.8, 4) is 6.07 Å². The Labute approximate surface area is 97.1 Å². The quantitative estimate of drug-likeness (QED) is 0.804. The summed E-state index contributed by atoms with van der Waals surface area (Å²) in [6.45, 7) is 1.86. The van der Waals surface area contributed by atoms with Crippen LogP contribution in [-0.4, -0.2) is 4.98 Å². The predicted molar refractivity (Wildman–Crippen MR) is 60.9 cm³/mol. The van der Waals surface area contributed by atoms with Crippen molar-refractivity contribution in [1.82, 2.24) is 4.98 Å². The highest BCUT2D eigenvalue weighted by Gasteiger charge is 2.07. The van der Waals surface area contributed by atoms with E-state index in [0.29, 0.717) is 16.5 Å². The maximum Gasteiger partial charge on any atom is 0.260 e. The zero-order valence-electron chi connectivity index (χ0n) is 8.60. The van der Waals surface area contributed by atoms with Gasteiger partial charge in [0.25, 0.3) is 5.22 Å². The van der Waals surface area contributed by atoms with E-state index in [1.54, 1.807) is 24.5 Å². The number of hydrogen-bond donors (Lipinski definition) is 1. The number of nitrogens with zero attached hydrogens (tertiary/aromatic N) is 2. The SMILES string of the molecule is Cc1coc(Sc2ccc(C#N)cc2N)n1. The molecule has 0 atom stereocenters. The fourth-order valence-electron chi connectivity index (χ4n) is 1.18. The van der Waals surface area contributed by atoms with Gasteiger partial charge in [-0.15, -0.1) is 0 Å². The van der Waals surface area contributed by atoms with Gasteiger partial charge in [0.05, 0.1) is 17.3 Å². The van der Waals surface area contributed by atoms with Crippen molar-refractivity contribution >= 4 is 17.4 Å². The van der Waals surface area contributed by atoms with E-state index in [-0.39, 0.29) is 0 Å². The Bertz CT molecular complexity index is 557. The maximum absolute atomic E-state index is 8.70. The largest absolute Gasteiger partial charge is 0.439 e. The summed E-state index contributed by atoms with van der Waals surface area (Å²) in [7, 11) is 0. The topological polar surface area (TPSA) is 75.8 Å². The number of hydrogen-bond acceptors (Lipinski definition) is 5. The molecule has 0 bridgehead atoms. The highest BCUT2D eigenvalue weighted by atomic mass is 32.2. The first-order chi connectivity index (χ1) is 7.69. The van der Waals surface area contributed by atoms with Crippen molar-refractivity contribution in [2.24, 2.45) is 0 Å². The first kappa shape index (κ1) is 10.6. The molecule has 0 radical (unpaired) electrons. The van der Waals surface area contributed by atoms with Crippen LogP contribution in [0.3, 0.4) is 0 Å². The molecular weight excluding hydrogens is 222 g/mol. The highest BCUT2D eigenvalue weighted by molar-refractivity contribution is 7.99. The summed E-state index contributed by atoms with van der Waals surface area (Å²) < 4.78 is 5.21. The number of benzene rings is 1. The molecule has 2 aromatic rings. The molecule has 0 saturated heterocycles. The summed E-state index contributed by atoms with van der Waals surface area (Å²) in [5.41, 5.74) is 7.74. The van der Waals surface area contributed by atoms with Gasteiger partial charge in [-0.2, -0.15) is 5.26 Å². The number of aryl methyl sites for hydroxylation is 1. The fraction of sp³-hybridized carbons (Fsp3) is 0.0909. The van der Waals surface area contributed by atoms with Gasteiger partial charge in [-0.05, 0) is 36.9 Å². The molecule has 1 heterocycles.